The average molecular weight is 364 g/mol. The molecule has 134 valence electrons. The van der Waals surface area contributed by atoms with Gasteiger partial charge in [0.25, 0.3) is 0 Å². The molecular formula is C24H18N3O+. The van der Waals surface area contributed by atoms with Crippen LogP contribution in [-0.4, -0.2) is 9.38 Å². The van der Waals surface area contributed by atoms with Crippen LogP contribution in [0.25, 0.3) is 50.0 Å². The molecule has 2 aromatic carbocycles. The van der Waals surface area contributed by atoms with E-state index < -0.39 is 0 Å². The number of fused-ring (bicyclic) bond motifs is 7. The van der Waals surface area contributed by atoms with Gasteiger partial charge >= 0.3 is 0 Å². The molecule has 0 saturated heterocycles. The van der Waals surface area contributed by atoms with Gasteiger partial charge in [-0.05, 0) is 42.8 Å². The summed E-state index contributed by atoms with van der Waals surface area (Å²) in [5.41, 5.74) is 8.16. The van der Waals surface area contributed by atoms with Crippen molar-refractivity contribution in [1.82, 2.24) is 9.38 Å². The van der Waals surface area contributed by atoms with Crippen molar-refractivity contribution in [1.29, 1.82) is 0 Å². The van der Waals surface area contributed by atoms with Crippen molar-refractivity contribution < 1.29 is 8.98 Å². The van der Waals surface area contributed by atoms with Gasteiger partial charge in [-0.25, -0.2) is 9.55 Å². The van der Waals surface area contributed by atoms with Gasteiger partial charge in [0.15, 0.2) is 11.8 Å². The van der Waals surface area contributed by atoms with Crippen molar-refractivity contribution in [3.63, 3.8) is 0 Å². The number of hydrogen-bond acceptors (Lipinski definition) is 2. The molecule has 0 fully saturated rings. The van der Waals surface area contributed by atoms with Crippen molar-refractivity contribution in [2.75, 3.05) is 0 Å². The molecule has 0 unspecified atom stereocenters. The number of para-hydroxylation sites is 2. The Balaban J connectivity index is 1.82. The Morgan fingerprint density at radius 1 is 0.893 bits per heavy atom. The largest absolute Gasteiger partial charge is 0.438 e. The molecule has 0 atom stereocenters. The van der Waals surface area contributed by atoms with Crippen LogP contribution in [0.1, 0.15) is 5.56 Å². The fraction of sp³-hybridized carbons (Fsp3) is 0.0833. The van der Waals surface area contributed by atoms with E-state index in [-0.39, 0.29) is 0 Å². The number of aromatic nitrogens is 3. The SMILES string of the molecule is Cc1ccc2c(oc3c2ccc2nc4ccccc4n23)c1-c1cccc[n+]1C. The third-order valence-electron chi connectivity index (χ3n) is 5.59. The summed E-state index contributed by atoms with van der Waals surface area (Å²) >= 11 is 0. The highest BCUT2D eigenvalue weighted by Gasteiger charge is 2.21. The molecule has 6 aromatic rings. The van der Waals surface area contributed by atoms with Gasteiger partial charge in [-0.15, -0.1) is 0 Å². The number of nitrogens with zero attached hydrogens (tertiary/aromatic N) is 3. The van der Waals surface area contributed by atoms with Gasteiger partial charge in [0, 0.05) is 22.9 Å². The zero-order valence-electron chi connectivity index (χ0n) is 15.7. The van der Waals surface area contributed by atoms with Crippen LogP contribution in [0.3, 0.4) is 0 Å². The Morgan fingerprint density at radius 3 is 2.61 bits per heavy atom. The summed E-state index contributed by atoms with van der Waals surface area (Å²) in [6.07, 6.45) is 2.07. The second-order valence-corrected chi connectivity index (χ2v) is 7.28. The summed E-state index contributed by atoms with van der Waals surface area (Å²) in [6.45, 7) is 2.14. The molecule has 0 aliphatic rings. The maximum absolute atomic E-state index is 6.56. The third-order valence-corrected chi connectivity index (χ3v) is 5.59. The molecule has 0 radical (unpaired) electrons. The van der Waals surface area contributed by atoms with Crippen molar-refractivity contribution in [3.8, 4) is 11.3 Å². The minimum Gasteiger partial charge on any atom is -0.438 e. The van der Waals surface area contributed by atoms with E-state index in [1.54, 1.807) is 0 Å². The van der Waals surface area contributed by atoms with Crippen molar-refractivity contribution in [3.05, 3.63) is 78.5 Å². The highest BCUT2D eigenvalue weighted by molar-refractivity contribution is 6.10. The molecule has 4 aromatic heterocycles. The molecule has 4 nitrogen and oxygen atoms in total. The fourth-order valence-corrected chi connectivity index (χ4v) is 4.22. The molecule has 0 spiro atoms. The van der Waals surface area contributed by atoms with Crippen molar-refractivity contribution in [2.24, 2.45) is 7.05 Å². The Hall–Kier alpha value is -3.66. The molecule has 0 bridgehead atoms. The van der Waals surface area contributed by atoms with Crippen molar-refractivity contribution in [2.45, 2.75) is 6.92 Å². The summed E-state index contributed by atoms with van der Waals surface area (Å²) in [7, 11) is 2.07. The lowest BCUT2D eigenvalue weighted by molar-refractivity contribution is -0.660. The Labute approximate surface area is 161 Å². The maximum atomic E-state index is 6.56. The number of hydrogen-bond donors (Lipinski definition) is 0. The van der Waals surface area contributed by atoms with Gasteiger partial charge in [-0.1, -0.05) is 24.3 Å². The number of aryl methyl sites for hydroxylation is 2. The molecule has 0 amide bonds. The third kappa shape index (κ3) is 1.94. The predicted molar refractivity (Wildman–Crippen MR) is 111 cm³/mol. The second-order valence-electron chi connectivity index (χ2n) is 7.28. The Morgan fingerprint density at radius 2 is 1.71 bits per heavy atom. The molecule has 4 heterocycles. The van der Waals surface area contributed by atoms with Crippen molar-refractivity contribution >= 4 is 38.7 Å². The first kappa shape index (κ1) is 15.4. The minimum absolute atomic E-state index is 0.839. The monoisotopic (exact) mass is 364 g/mol. The lowest BCUT2D eigenvalue weighted by Crippen LogP contribution is -2.30. The summed E-state index contributed by atoms with van der Waals surface area (Å²) in [4.78, 5) is 4.75. The van der Waals surface area contributed by atoms with Crippen LogP contribution in [0.4, 0.5) is 0 Å². The van der Waals surface area contributed by atoms with Gasteiger partial charge in [-0.3, -0.25) is 4.40 Å². The van der Waals surface area contributed by atoms with Crippen LogP contribution in [0.5, 0.6) is 0 Å². The van der Waals surface area contributed by atoms with E-state index in [1.807, 2.05) is 24.3 Å². The summed E-state index contributed by atoms with van der Waals surface area (Å²) in [6, 6.07) is 22.9. The van der Waals surface area contributed by atoms with Gasteiger partial charge in [-0.2, -0.15) is 0 Å². The normalized spacial score (nSPS) is 11.9. The van der Waals surface area contributed by atoms with Gasteiger partial charge in [0.05, 0.1) is 16.6 Å². The molecule has 0 saturated carbocycles. The summed E-state index contributed by atoms with van der Waals surface area (Å²) in [5.74, 6) is 0. The van der Waals surface area contributed by atoms with E-state index in [1.165, 1.54) is 5.56 Å². The molecule has 6 rings (SSSR count). The van der Waals surface area contributed by atoms with E-state index in [9.17, 15) is 0 Å². The number of pyridine rings is 2. The topological polar surface area (TPSA) is 34.3 Å². The van der Waals surface area contributed by atoms with E-state index in [4.69, 9.17) is 9.40 Å². The molecule has 0 aliphatic carbocycles. The zero-order chi connectivity index (χ0) is 18.8. The highest BCUT2D eigenvalue weighted by Crippen LogP contribution is 2.37. The highest BCUT2D eigenvalue weighted by atomic mass is 16.3. The quantitative estimate of drug-likeness (QED) is 0.376. The molecule has 0 N–H and O–H groups in total. The number of rotatable bonds is 1. The number of imidazole rings is 1. The zero-order valence-corrected chi connectivity index (χ0v) is 15.7. The average Bonchev–Trinajstić information content (AvgIpc) is 3.26. The van der Waals surface area contributed by atoms with Gasteiger partial charge < -0.3 is 4.42 Å². The van der Waals surface area contributed by atoms with Crippen LogP contribution in [0.2, 0.25) is 0 Å². The van der Waals surface area contributed by atoms with Crippen LogP contribution in [0.15, 0.2) is 77.3 Å². The molecule has 0 aliphatic heterocycles. The fourth-order valence-electron chi connectivity index (χ4n) is 4.22. The summed E-state index contributed by atoms with van der Waals surface area (Å²) in [5, 5.41) is 2.23. The van der Waals surface area contributed by atoms with E-state index in [2.05, 4.69) is 71.6 Å². The minimum atomic E-state index is 0.839. The lowest BCUT2D eigenvalue weighted by Gasteiger charge is -2.04. The summed E-state index contributed by atoms with van der Waals surface area (Å²) < 4.78 is 10.8. The first-order chi connectivity index (χ1) is 13.7. The van der Waals surface area contributed by atoms with Crippen LogP contribution >= 0.6 is 0 Å². The lowest BCUT2D eigenvalue weighted by atomic mass is 10.0. The number of furan rings is 1. The standard InChI is InChI=1S/C24H18N3O/c1-15-10-11-16-17-12-13-21-25-18-7-3-4-8-19(18)27(21)24(17)28-23(16)22(15)20-9-5-6-14-26(20)2/h3-14H,1-2H3/q+1. The molecule has 4 heteroatoms. The van der Waals surface area contributed by atoms with Crippen LogP contribution < -0.4 is 4.57 Å². The Kier molecular flexibility index (Phi) is 2.98. The molecule has 28 heavy (non-hydrogen) atoms. The van der Waals surface area contributed by atoms with E-state index >= 15 is 0 Å². The Bertz CT molecular complexity index is 1540. The number of benzene rings is 2. The van der Waals surface area contributed by atoms with E-state index in [0.29, 0.717) is 0 Å². The van der Waals surface area contributed by atoms with E-state index in [0.717, 1.165) is 50.0 Å². The van der Waals surface area contributed by atoms with Gasteiger partial charge in [0.2, 0.25) is 11.4 Å². The first-order valence-corrected chi connectivity index (χ1v) is 9.39. The van der Waals surface area contributed by atoms with Gasteiger partial charge in [0.1, 0.15) is 12.7 Å². The maximum Gasteiger partial charge on any atom is 0.216 e. The molecular weight excluding hydrogens is 346 g/mol. The second kappa shape index (κ2) is 5.42. The predicted octanol–water partition coefficient (Wildman–Crippen LogP) is 5.19. The first-order valence-electron chi connectivity index (χ1n) is 9.39. The smallest absolute Gasteiger partial charge is 0.216 e. The van der Waals surface area contributed by atoms with Crippen LogP contribution in [0, 0.1) is 6.92 Å². The van der Waals surface area contributed by atoms with Crippen LogP contribution in [-0.2, 0) is 7.05 Å².